The van der Waals surface area contributed by atoms with Gasteiger partial charge in [-0.15, -0.1) is 0 Å². The summed E-state index contributed by atoms with van der Waals surface area (Å²) in [5, 5.41) is 2.97. The molecule has 1 aliphatic rings. The summed E-state index contributed by atoms with van der Waals surface area (Å²) in [6.07, 6.45) is 5.90. The number of pyridine rings is 1. The number of hydrogen-bond acceptors (Lipinski definition) is 5. The van der Waals surface area contributed by atoms with Crippen LogP contribution in [-0.4, -0.2) is 49.0 Å². The van der Waals surface area contributed by atoms with Crippen molar-refractivity contribution in [1.82, 2.24) is 14.6 Å². The standard InChI is InChI=1S/C19H23N3O4S/c1-27(24,25)22-11-8-17(9-12-22)21-19(23)16-4-6-18(7-5-16)26-14-15-3-2-10-20-13-15/h2-7,10,13,17H,8-9,11-12,14H2,1H3,(H,21,23). The van der Waals surface area contributed by atoms with E-state index in [-0.39, 0.29) is 11.9 Å². The van der Waals surface area contributed by atoms with Gasteiger partial charge in [0.2, 0.25) is 10.0 Å². The number of carbonyl (C=O) groups is 1. The number of nitrogens with one attached hydrogen (secondary N) is 1. The summed E-state index contributed by atoms with van der Waals surface area (Å²) in [5.74, 6) is 0.517. The molecule has 0 unspecified atom stereocenters. The van der Waals surface area contributed by atoms with Crippen molar-refractivity contribution in [3.8, 4) is 5.75 Å². The highest BCUT2D eigenvalue weighted by Gasteiger charge is 2.25. The number of amides is 1. The van der Waals surface area contributed by atoms with E-state index in [2.05, 4.69) is 10.3 Å². The fourth-order valence-electron chi connectivity index (χ4n) is 2.95. The highest BCUT2D eigenvalue weighted by Crippen LogP contribution is 2.16. The minimum Gasteiger partial charge on any atom is -0.489 e. The minimum absolute atomic E-state index is 0.0167. The van der Waals surface area contributed by atoms with Crippen LogP contribution >= 0.6 is 0 Å². The number of sulfonamides is 1. The van der Waals surface area contributed by atoms with E-state index in [4.69, 9.17) is 4.74 Å². The van der Waals surface area contributed by atoms with Crippen molar-refractivity contribution in [3.05, 3.63) is 59.9 Å². The maximum absolute atomic E-state index is 12.4. The highest BCUT2D eigenvalue weighted by molar-refractivity contribution is 7.88. The number of aromatic nitrogens is 1. The lowest BCUT2D eigenvalue weighted by Gasteiger charge is -2.30. The Bertz CT molecular complexity index is 862. The van der Waals surface area contributed by atoms with Crippen molar-refractivity contribution in [3.63, 3.8) is 0 Å². The Morgan fingerprint density at radius 1 is 1.22 bits per heavy atom. The Morgan fingerprint density at radius 2 is 1.93 bits per heavy atom. The molecule has 7 nitrogen and oxygen atoms in total. The Morgan fingerprint density at radius 3 is 2.52 bits per heavy atom. The van der Waals surface area contributed by atoms with Gasteiger partial charge in [-0.1, -0.05) is 6.07 Å². The van der Waals surface area contributed by atoms with Gasteiger partial charge in [-0.3, -0.25) is 9.78 Å². The Kier molecular flexibility index (Phi) is 6.08. The fraction of sp³-hybridized carbons (Fsp3) is 0.368. The van der Waals surface area contributed by atoms with E-state index in [0.29, 0.717) is 43.9 Å². The van der Waals surface area contributed by atoms with Crippen molar-refractivity contribution in [2.75, 3.05) is 19.3 Å². The second-order valence-electron chi connectivity index (χ2n) is 6.58. The van der Waals surface area contributed by atoms with Gasteiger partial charge >= 0.3 is 0 Å². The van der Waals surface area contributed by atoms with E-state index in [0.717, 1.165) is 5.56 Å². The maximum Gasteiger partial charge on any atom is 0.251 e. The molecule has 0 saturated carbocycles. The average Bonchev–Trinajstić information content (AvgIpc) is 2.67. The molecule has 8 heteroatoms. The van der Waals surface area contributed by atoms with Crippen LogP contribution in [0, 0.1) is 0 Å². The van der Waals surface area contributed by atoms with E-state index in [1.165, 1.54) is 10.6 Å². The Balaban J connectivity index is 1.49. The zero-order valence-electron chi connectivity index (χ0n) is 15.2. The summed E-state index contributed by atoms with van der Waals surface area (Å²) in [6.45, 7) is 1.29. The molecule has 1 saturated heterocycles. The van der Waals surface area contributed by atoms with Crippen molar-refractivity contribution in [2.24, 2.45) is 0 Å². The third-order valence-corrected chi connectivity index (χ3v) is 5.81. The molecule has 1 fully saturated rings. The molecule has 1 N–H and O–H groups in total. The lowest BCUT2D eigenvalue weighted by Crippen LogP contribution is -2.46. The first-order chi connectivity index (χ1) is 12.9. The molecule has 144 valence electrons. The van der Waals surface area contributed by atoms with E-state index >= 15 is 0 Å². The molecule has 1 aromatic heterocycles. The minimum atomic E-state index is -3.16. The maximum atomic E-state index is 12.4. The largest absolute Gasteiger partial charge is 0.489 e. The number of hydrogen-bond donors (Lipinski definition) is 1. The van der Waals surface area contributed by atoms with E-state index in [1.54, 1.807) is 36.7 Å². The molecule has 0 spiro atoms. The monoisotopic (exact) mass is 389 g/mol. The number of nitrogens with zero attached hydrogens (tertiary/aromatic N) is 2. The molecule has 3 rings (SSSR count). The molecule has 2 aromatic rings. The normalized spacial score (nSPS) is 16.0. The molecule has 0 bridgehead atoms. The van der Waals surface area contributed by atoms with Crippen LogP contribution in [0.4, 0.5) is 0 Å². The van der Waals surface area contributed by atoms with Gasteiger partial charge in [0.25, 0.3) is 5.91 Å². The van der Waals surface area contributed by atoms with Crippen molar-refractivity contribution < 1.29 is 17.9 Å². The van der Waals surface area contributed by atoms with Crippen LogP contribution in [-0.2, 0) is 16.6 Å². The number of carbonyl (C=O) groups excluding carboxylic acids is 1. The molecule has 1 aromatic carbocycles. The third-order valence-electron chi connectivity index (χ3n) is 4.50. The van der Waals surface area contributed by atoms with Crippen LogP contribution in [0.15, 0.2) is 48.8 Å². The van der Waals surface area contributed by atoms with E-state index in [9.17, 15) is 13.2 Å². The second-order valence-corrected chi connectivity index (χ2v) is 8.57. The predicted molar refractivity (Wildman–Crippen MR) is 102 cm³/mol. The van der Waals surface area contributed by atoms with Crippen LogP contribution in [0.5, 0.6) is 5.75 Å². The summed E-state index contributed by atoms with van der Waals surface area (Å²) in [5.41, 5.74) is 1.52. The van der Waals surface area contributed by atoms with Gasteiger partial charge in [-0.25, -0.2) is 12.7 Å². The second kappa shape index (κ2) is 8.49. The van der Waals surface area contributed by atoms with Gasteiger partial charge in [0, 0.05) is 42.7 Å². The molecule has 0 aliphatic carbocycles. The predicted octanol–water partition coefficient (Wildman–Crippen LogP) is 1.81. The lowest BCUT2D eigenvalue weighted by atomic mass is 10.1. The highest BCUT2D eigenvalue weighted by atomic mass is 32.2. The third kappa shape index (κ3) is 5.51. The zero-order valence-corrected chi connectivity index (χ0v) is 16.0. The van der Waals surface area contributed by atoms with Crippen molar-refractivity contribution in [1.29, 1.82) is 0 Å². The summed E-state index contributed by atoms with van der Waals surface area (Å²) < 4.78 is 30.2. The molecular weight excluding hydrogens is 366 g/mol. The number of rotatable bonds is 6. The first-order valence-electron chi connectivity index (χ1n) is 8.79. The number of ether oxygens (including phenoxy) is 1. The Labute approximate surface area is 159 Å². The van der Waals surface area contributed by atoms with Crippen LogP contribution in [0.3, 0.4) is 0 Å². The summed E-state index contributed by atoms with van der Waals surface area (Å²) in [4.78, 5) is 16.4. The number of benzene rings is 1. The first kappa shape index (κ1) is 19.3. The fourth-order valence-corrected chi connectivity index (χ4v) is 3.83. The molecule has 27 heavy (non-hydrogen) atoms. The summed E-state index contributed by atoms with van der Waals surface area (Å²) in [6, 6.07) is 10.7. The van der Waals surface area contributed by atoms with E-state index in [1.807, 2.05) is 12.1 Å². The summed E-state index contributed by atoms with van der Waals surface area (Å²) in [7, 11) is -3.16. The molecule has 1 amide bonds. The van der Waals surface area contributed by atoms with Crippen molar-refractivity contribution in [2.45, 2.75) is 25.5 Å². The van der Waals surface area contributed by atoms with Gasteiger partial charge in [0.1, 0.15) is 12.4 Å². The average molecular weight is 389 g/mol. The smallest absolute Gasteiger partial charge is 0.251 e. The Hall–Kier alpha value is -2.45. The SMILES string of the molecule is CS(=O)(=O)N1CCC(NC(=O)c2ccc(OCc3cccnc3)cc2)CC1. The van der Waals surface area contributed by atoms with Gasteiger partial charge in [0.15, 0.2) is 0 Å². The van der Waals surface area contributed by atoms with Crippen LogP contribution < -0.4 is 10.1 Å². The van der Waals surface area contributed by atoms with Crippen LogP contribution in [0.25, 0.3) is 0 Å². The molecule has 2 heterocycles. The topological polar surface area (TPSA) is 88.6 Å². The first-order valence-corrected chi connectivity index (χ1v) is 10.6. The molecule has 0 atom stereocenters. The van der Waals surface area contributed by atoms with E-state index < -0.39 is 10.0 Å². The molecule has 0 radical (unpaired) electrons. The zero-order chi connectivity index (χ0) is 19.3. The van der Waals surface area contributed by atoms with Crippen LogP contribution in [0.1, 0.15) is 28.8 Å². The number of piperidine rings is 1. The quantitative estimate of drug-likeness (QED) is 0.814. The lowest BCUT2D eigenvalue weighted by molar-refractivity contribution is 0.0924. The van der Waals surface area contributed by atoms with Gasteiger partial charge < -0.3 is 10.1 Å². The summed E-state index contributed by atoms with van der Waals surface area (Å²) >= 11 is 0. The van der Waals surface area contributed by atoms with Crippen LogP contribution in [0.2, 0.25) is 0 Å². The van der Waals surface area contributed by atoms with Gasteiger partial charge in [-0.2, -0.15) is 0 Å². The van der Waals surface area contributed by atoms with Gasteiger partial charge in [-0.05, 0) is 43.2 Å². The molecular formula is C19H23N3O4S. The molecule has 1 aliphatic heterocycles. The van der Waals surface area contributed by atoms with Crippen molar-refractivity contribution >= 4 is 15.9 Å². The van der Waals surface area contributed by atoms with Gasteiger partial charge in [0.05, 0.1) is 6.26 Å².